The van der Waals surface area contributed by atoms with E-state index in [1.807, 2.05) is 12.3 Å². The molecule has 3 aliphatic heterocycles. The van der Waals surface area contributed by atoms with E-state index in [9.17, 15) is 0 Å². The molecule has 30 heavy (non-hydrogen) atoms. The van der Waals surface area contributed by atoms with E-state index in [0.29, 0.717) is 5.41 Å². The maximum Gasteiger partial charge on any atom is 0.231 e. The number of hydrogen-bond acceptors (Lipinski definition) is 8. The molecule has 2 fully saturated rings. The Balaban J connectivity index is 1.25. The molecule has 0 aliphatic carbocycles. The van der Waals surface area contributed by atoms with E-state index in [1.165, 1.54) is 5.56 Å². The molecular weight excluding hydrogens is 380 g/mol. The standard InChI is InChI=1S/C21H24N8O/c1-26-9-15-7-16(30-2)3-4-17(15)29-19(10-26)24-25-20(29)28-13-21(14-28)11-27(12-21)18-8-22-5-6-23-18/h3-8H,9-14H2,1-2H3. The lowest BCUT2D eigenvalue weighted by molar-refractivity contribution is 0.153. The van der Waals surface area contributed by atoms with Gasteiger partial charge in [0.2, 0.25) is 5.95 Å². The number of methoxy groups -OCH3 is 1. The molecule has 1 aromatic carbocycles. The average molecular weight is 404 g/mol. The highest BCUT2D eigenvalue weighted by Crippen LogP contribution is 2.43. The molecule has 9 nitrogen and oxygen atoms in total. The lowest BCUT2D eigenvalue weighted by atomic mass is 9.73. The van der Waals surface area contributed by atoms with Gasteiger partial charge in [0.25, 0.3) is 0 Å². The zero-order valence-corrected chi connectivity index (χ0v) is 17.2. The number of benzene rings is 1. The summed E-state index contributed by atoms with van der Waals surface area (Å²) in [5.74, 6) is 3.76. The molecule has 0 N–H and O–H groups in total. The van der Waals surface area contributed by atoms with Crippen LogP contribution >= 0.6 is 0 Å². The normalized spacial score (nSPS) is 19.5. The van der Waals surface area contributed by atoms with Crippen molar-refractivity contribution in [2.45, 2.75) is 13.1 Å². The first-order chi connectivity index (χ1) is 14.6. The molecule has 0 atom stereocenters. The van der Waals surface area contributed by atoms with E-state index in [-0.39, 0.29) is 0 Å². The maximum atomic E-state index is 5.45. The van der Waals surface area contributed by atoms with Crippen molar-refractivity contribution in [3.8, 4) is 11.4 Å². The Bertz CT molecular complexity index is 1080. The van der Waals surface area contributed by atoms with Crippen LogP contribution in [-0.4, -0.2) is 70.0 Å². The van der Waals surface area contributed by atoms with Crippen LogP contribution in [0.15, 0.2) is 36.8 Å². The minimum absolute atomic E-state index is 0.314. The first-order valence-electron chi connectivity index (χ1n) is 10.2. The van der Waals surface area contributed by atoms with Gasteiger partial charge in [0.15, 0.2) is 5.82 Å². The molecular formula is C21H24N8O. The lowest BCUT2D eigenvalue weighted by Crippen LogP contribution is -2.73. The van der Waals surface area contributed by atoms with Crippen LogP contribution in [-0.2, 0) is 13.1 Å². The van der Waals surface area contributed by atoms with Crippen molar-refractivity contribution in [2.24, 2.45) is 5.41 Å². The minimum Gasteiger partial charge on any atom is -0.497 e. The van der Waals surface area contributed by atoms with Crippen LogP contribution in [0.4, 0.5) is 11.8 Å². The van der Waals surface area contributed by atoms with Gasteiger partial charge < -0.3 is 14.5 Å². The van der Waals surface area contributed by atoms with Gasteiger partial charge in [0.05, 0.1) is 25.5 Å². The summed E-state index contributed by atoms with van der Waals surface area (Å²) in [6, 6.07) is 6.26. The van der Waals surface area contributed by atoms with Gasteiger partial charge in [-0.05, 0) is 30.8 Å². The Morgan fingerprint density at radius 3 is 2.60 bits per heavy atom. The van der Waals surface area contributed by atoms with Gasteiger partial charge in [-0.1, -0.05) is 0 Å². The van der Waals surface area contributed by atoms with E-state index in [1.54, 1.807) is 19.5 Å². The second-order valence-corrected chi connectivity index (χ2v) is 8.69. The highest BCUT2D eigenvalue weighted by atomic mass is 16.5. The molecule has 0 bridgehead atoms. The van der Waals surface area contributed by atoms with Gasteiger partial charge >= 0.3 is 0 Å². The number of anilines is 2. The second-order valence-electron chi connectivity index (χ2n) is 8.69. The Morgan fingerprint density at radius 1 is 1.00 bits per heavy atom. The summed E-state index contributed by atoms with van der Waals surface area (Å²) in [6.45, 7) is 5.63. The van der Waals surface area contributed by atoms with Crippen molar-refractivity contribution in [1.82, 2.24) is 29.6 Å². The number of rotatable bonds is 3. The summed E-state index contributed by atoms with van der Waals surface area (Å²) in [5, 5.41) is 9.12. The monoisotopic (exact) mass is 404 g/mol. The fourth-order valence-electron chi connectivity index (χ4n) is 4.97. The fourth-order valence-corrected chi connectivity index (χ4v) is 4.97. The molecule has 0 amide bonds. The van der Waals surface area contributed by atoms with Crippen molar-refractivity contribution in [3.63, 3.8) is 0 Å². The molecule has 5 heterocycles. The summed E-state index contributed by atoms with van der Waals surface area (Å²) in [5.41, 5.74) is 2.68. The maximum absolute atomic E-state index is 5.45. The molecule has 3 aromatic rings. The molecule has 3 aliphatic rings. The summed E-state index contributed by atoms with van der Waals surface area (Å²) in [4.78, 5) is 15.5. The van der Waals surface area contributed by atoms with Crippen molar-refractivity contribution in [3.05, 3.63) is 48.2 Å². The average Bonchev–Trinajstić information content (AvgIpc) is 3.03. The highest BCUT2D eigenvalue weighted by Gasteiger charge is 2.53. The number of nitrogens with zero attached hydrogens (tertiary/aromatic N) is 8. The predicted octanol–water partition coefficient (Wildman–Crippen LogP) is 1.34. The van der Waals surface area contributed by atoms with E-state index in [0.717, 1.165) is 68.3 Å². The summed E-state index contributed by atoms with van der Waals surface area (Å²) >= 11 is 0. The van der Waals surface area contributed by atoms with Crippen LogP contribution in [0.3, 0.4) is 0 Å². The van der Waals surface area contributed by atoms with E-state index < -0.39 is 0 Å². The Labute approximate surface area is 174 Å². The van der Waals surface area contributed by atoms with Crippen LogP contribution in [0, 0.1) is 5.41 Å². The van der Waals surface area contributed by atoms with Gasteiger partial charge in [-0.3, -0.25) is 14.5 Å². The van der Waals surface area contributed by atoms with Gasteiger partial charge in [0, 0.05) is 50.5 Å². The minimum atomic E-state index is 0.314. The van der Waals surface area contributed by atoms with Gasteiger partial charge in [0.1, 0.15) is 11.6 Å². The molecule has 9 heteroatoms. The van der Waals surface area contributed by atoms with Crippen molar-refractivity contribution >= 4 is 11.8 Å². The first kappa shape index (κ1) is 17.6. The third kappa shape index (κ3) is 2.65. The molecule has 0 unspecified atom stereocenters. The number of aromatic nitrogens is 5. The van der Waals surface area contributed by atoms with Crippen LogP contribution < -0.4 is 14.5 Å². The summed E-state index contributed by atoms with van der Waals surface area (Å²) < 4.78 is 7.67. The van der Waals surface area contributed by atoms with E-state index >= 15 is 0 Å². The van der Waals surface area contributed by atoms with Gasteiger partial charge in [-0.25, -0.2) is 4.98 Å². The lowest BCUT2D eigenvalue weighted by Gasteiger charge is -2.60. The molecule has 6 rings (SSSR count). The van der Waals surface area contributed by atoms with Crippen molar-refractivity contribution < 1.29 is 4.74 Å². The highest BCUT2D eigenvalue weighted by molar-refractivity contribution is 5.55. The van der Waals surface area contributed by atoms with Crippen LogP contribution in [0.2, 0.25) is 0 Å². The van der Waals surface area contributed by atoms with E-state index in [2.05, 4.69) is 58.6 Å². The quantitative estimate of drug-likeness (QED) is 0.647. The SMILES string of the molecule is COc1ccc2c(c1)CN(C)Cc1nnc(N3CC4(CN(c5cnccn5)C4)C3)n1-2. The van der Waals surface area contributed by atoms with Crippen molar-refractivity contribution in [1.29, 1.82) is 0 Å². The zero-order valence-electron chi connectivity index (χ0n) is 17.2. The molecule has 2 aromatic heterocycles. The van der Waals surface area contributed by atoms with Crippen LogP contribution in [0.1, 0.15) is 11.4 Å². The molecule has 0 radical (unpaired) electrons. The first-order valence-corrected chi connectivity index (χ1v) is 10.2. The van der Waals surface area contributed by atoms with Gasteiger partial charge in [-0.2, -0.15) is 0 Å². The van der Waals surface area contributed by atoms with Crippen LogP contribution in [0.5, 0.6) is 5.75 Å². The third-order valence-electron chi connectivity index (χ3n) is 6.35. The number of fused-ring (bicyclic) bond motifs is 3. The number of hydrogen-bond donors (Lipinski definition) is 0. The van der Waals surface area contributed by atoms with Crippen molar-refractivity contribution in [2.75, 3.05) is 50.1 Å². The Hall–Kier alpha value is -3.20. The molecule has 154 valence electrons. The molecule has 2 saturated heterocycles. The smallest absolute Gasteiger partial charge is 0.231 e. The van der Waals surface area contributed by atoms with E-state index in [4.69, 9.17) is 4.74 Å². The summed E-state index contributed by atoms with van der Waals surface area (Å²) in [7, 11) is 3.82. The summed E-state index contributed by atoms with van der Waals surface area (Å²) in [6.07, 6.45) is 5.30. The topological polar surface area (TPSA) is 75.4 Å². The molecule has 1 spiro atoms. The Morgan fingerprint density at radius 2 is 1.83 bits per heavy atom. The van der Waals surface area contributed by atoms with Crippen LogP contribution in [0.25, 0.3) is 5.69 Å². The largest absolute Gasteiger partial charge is 0.497 e. The molecule has 0 saturated carbocycles. The fraction of sp³-hybridized carbons (Fsp3) is 0.429. The predicted molar refractivity (Wildman–Crippen MR) is 112 cm³/mol. The van der Waals surface area contributed by atoms with Gasteiger partial charge in [-0.15, -0.1) is 10.2 Å². The zero-order chi connectivity index (χ0) is 20.3. The second kappa shape index (κ2) is 6.40. The third-order valence-corrected chi connectivity index (χ3v) is 6.35. The number of ether oxygens (including phenoxy) is 1. The Kier molecular flexibility index (Phi) is 3.76.